The van der Waals surface area contributed by atoms with Crippen LogP contribution >= 0.6 is 0 Å². The van der Waals surface area contributed by atoms with Gasteiger partial charge in [-0.2, -0.15) is 0 Å². The summed E-state index contributed by atoms with van der Waals surface area (Å²) in [5.74, 6) is 0. The summed E-state index contributed by atoms with van der Waals surface area (Å²) in [6.07, 6.45) is 7.20. The van der Waals surface area contributed by atoms with Crippen molar-refractivity contribution < 1.29 is 0 Å². The number of nitrogens with zero attached hydrogens (tertiary/aromatic N) is 3. The molecule has 0 amide bonds. The van der Waals surface area contributed by atoms with E-state index in [1.54, 1.807) is 0 Å². The first kappa shape index (κ1) is 11.2. The molecule has 0 aliphatic heterocycles. The molecule has 4 nitrogen and oxygen atoms in total. The van der Waals surface area contributed by atoms with Crippen LogP contribution in [-0.2, 0) is 0 Å². The lowest BCUT2D eigenvalue weighted by Gasteiger charge is -2.18. The molecule has 2 N–H and O–H groups in total. The van der Waals surface area contributed by atoms with Crippen LogP contribution in [0, 0.1) is 0 Å². The highest BCUT2D eigenvalue weighted by atomic mass is 15.4. The lowest BCUT2D eigenvalue weighted by atomic mass is 9.94. The summed E-state index contributed by atoms with van der Waals surface area (Å²) in [5.41, 5.74) is 9.33. The first-order valence-corrected chi connectivity index (χ1v) is 6.27. The van der Waals surface area contributed by atoms with Gasteiger partial charge in [-0.15, -0.1) is 5.10 Å². The third-order valence-electron chi connectivity index (χ3n) is 3.28. The molecule has 1 atom stereocenters. The van der Waals surface area contributed by atoms with E-state index in [1.165, 1.54) is 5.57 Å². The Hall–Kier alpha value is -1.94. The van der Waals surface area contributed by atoms with Crippen LogP contribution in [0.25, 0.3) is 11.3 Å². The number of aromatic nitrogens is 3. The average Bonchev–Trinajstić information content (AvgIpc) is 2.89. The number of allylic oxidation sites excluding steroid dienone is 1. The van der Waals surface area contributed by atoms with Crippen LogP contribution in [0.2, 0.25) is 0 Å². The summed E-state index contributed by atoms with van der Waals surface area (Å²) in [7, 11) is 0. The zero-order valence-corrected chi connectivity index (χ0v) is 10.2. The van der Waals surface area contributed by atoms with Gasteiger partial charge in [-0.1, -0.05) is 29.5 Å². The molecule has 3 rings (SSSR count). The maximum Gasteiger partial charge on any atom is 0.0901 e. The van der Waals surface area contributed by atoms with Crippen LogP contribution < -0.4 is 5.73 Å². The number of hydrogen-bond acceptors (Lipinski definition) is 3. The van der Waals surface area contributed by atoms with Crippen molar-refractivity contribution in [2.75, 3.05) is 0 Å². The highest BCUT2D eigenvalue weighted by molar-refractivity contribution is 5.65. The second kappa shape index (κ2) is 4.74. The Morgan fingerprint density at radius 2 is 2.06 bits per heavy atom. The van der Waals surface area contributed by atoms with Crippen molar-refractivity contribution in [1.82, 2.24) is 15.0 Å². The Balaban J connectivity index is 2.02. The smallest absolute Gasteiger partial charge is 0.0901 e. The van der Waals surface area contributed by atoms with Gasteiger partial charge >= 0.3 is 0 Å². The van der Waals surface area contributed by atoms with Gasteiger partial charge in [0.2, 0.25) is 0 Å². The molecule has 0 fully saturated rings. The van der Waals surface area contributed by atoms with E-state index in [9.17, 15) is 0 Å². The van der Waals surface area contributed by atoms with Crippen LogP contribution in [0.5, 0.6) is 0 Å². The van der Waals surface area contributed by atoms with Crippen LogP contribution in [0.3, 0.4) is 0 Å². The van der Waals surface area contributed by atoms with E-state index in [-0.39, 0.29) is 6.04 Å². The molecular weight excluding hydrogens is 224 g/mol. The van der Waals surface area contributed by atoms with E-state index in [0.29, 0.717) is 0 Å². The van der Waals surface area contributed by atoms with Gasteiger partial charge < -0.3 is 5.73 Å². The van der Waals surface area contributed by atoms with Gasteiger partial charge in [-0.25, -0.2) is 4.68 Å². The first-order valence-electron chi connectivity index (χ1n) is 6.27. The van der Waals surface area contributed by atoms with Crippen LogP contribution in [0.4, 0.5) is 0 Å². The Kier molecular flexibility index (Phi) is 2.94. The molecule has 1 aromatic heterocycles. The molecule has 1 aliphatic rings. The van der Waals surface area contributed by atoms with E-state index in [2.05, 4.69) is 16.4 Å². The SMILES string of the molecule is NC1C=C(c2cnnn2-c2ccccc2)CCC1. The zero-order valence-electron chi connectivity index (χ0n) is 10.2. The summed E-state index contributed by atoms with van der Waals surface area (Å²) in [6.45, 7) is 0. The molecule has 0 saturated heterocycles. The first-order chi connectivity index (χ1) is 8.84. The second-order valence-corrected chi connectivity index (χ2v) is 4.61. The van der Waals surface area contributed by atoms with Crippen LogP contribution in [0.1, 0.15) is 25.0 Å². The standard InChI is InChI=1S/C14H16N4/c15-12-6-4-5-11(9-12)14-10-16-17-18(14)13-7-2-1-3-8-13/h1-3,7-10,12H,4-6,15H2. The van der Waals surface area contributed by atoms with Crippen molar-refractivity contribution >= 4 is 5.57 Å². The van der Waals surface area contributed by atoms with Crippen molar-refractivity contribution in [2.24, 2.45) is 5.73 Å². The summed E-state index contributed by atoms with van der Waals surface area (Å²) in [6, 6.07) is 10.2. The minimum atomic E-state index is 0.160. The van der Waals surface area contributed by atoms with Crippen molar-refractivity contribution in [3.8, 4) is 5.69 Å². The molecule has 92 valence electrons. The summed E-state index contributed by atoms with van der Waals surface area (Å²) < 4.78 is 1.88. The summed E-state index contributed by atoms with van der Waals surface area (Å²) >= 11 is 0. The van der Waals surface area contributed by atoms with Crippen molar-refractivity contribution in [3.05, 3.63) is 48.3 Å². The van der Waals surface area contributed by atoms with Gasteiger partial charge in [0.1, 0.15) is 0 Å². The monoisotopic (exact) mass is 240 g/mol. The molecule has 4 heteroatoms. The number of benzene rings is 1. The minimum absolute atomic E-state index is 0.160. The normalized spacial score (nSPS) is 19.6. The molecule has 0 spiro atoms. The maximum absolute atomic E-state index is 5.99. The van der Waals surface area contributed by atoms with Crippen LogP contribution in [-0.4, -0.2) is 21.0 Å². The second-order valence-electron chi connectivity index (χ2n) is 4.61. The van der Waals surface area contributed by atoms with Crippen molar-refractivity contribution in [1.29, 1.82) is 0 Å². The van der Waals surface area contributed by atoms with Crippen LogP contribution in [0.15, 0.2) is 42.6 Å². The van der Waals surface area contributed by atoms with Gasteiger partial charge in [0.05, 0.1) is 17.6 Å². The van der Waals surface area contributed by atoms with E-state index in [0.717, 1.165) is 30.6 Å². The summed E-state index contributed by atoms with van der Waals surface area (Å²) in [5, 5.41) is 8.20. The number of rotatable bonds is 2. The van der Waals surface area contributed by atoms with Gasteiger partial charge in [0, 0.05) is 6.04 Å². The molecule has 1 heterocycles. The lowest BCUT2D eigenvalue weighted by molar-refractivity contribution is 0.650. The fourth-order valence-corrected chi connectivity index (χ4v) is 2.38. The van der Waals surface area contributed by atoms with Gasteiger partial charge in [0.25, 0.3) is 0 Å². The van der Waals surface area contributed by atoms with Gasteiger partial charge in [-0.3, -0.25) is 0 Å². The highest BCUT2D eigenvalue weighted by Crippen LogP contribution is 2.26. The predicted molar refractivity (Wildman–Crippen MR) is 71.2 cm³/mol. The molecule has 0 saturated carbocycles. The third kappa shape index (κ3) is 2.07. The number of hydrogen-bond donors (Lipinski definition) is 1. The zero-order chi connectivity index (χ0) is 12.4. The lowest BCUT2D eigenvalue weighted by Crippen LogP contribution is -2.20. The maximum atomic E-state index is 5.99. The predicted octanol–water partition coefficient (Wildman–Crippen LogP) is 2.16. The minimum Gasteiger partial charge on any atom is -0.324 e. The van der Waals surface area contributed by atoms with Crippen molar-refractivity contribution in [3.63, 3.8) is 0 Å². The Labute approximate surface area is 106 Å². The topological polar surface area (TPSA) is 56.7 Å². The van der Waals surface area contributed by atoms with Gasteiger partial charge in [-0.05, 0) is 37.0 Å². The van der Waals surface area contributed by atoms with E-state index in [4.69, 9.17) is 5.73 Å². The number of nitrogens with two attached hydrogens (primary N) is 1. The molecule has 2 aromatic rings. The quantitative estimate of drug-likeness (QED) is 0.875. The Morgan fingerprint density at radius 3 is 2.83 bits per heavy atom. The molecule has 18 heavy (non-hydrogen) atoms. The number of para-hydroxylation sites is 1. The van der Waals surface area contributed by atoms with E-state index in [1.807, 2.05) is 41.2 Å². The van der Waals surface area contributed by atoms with E-state index >= 15 is 0 Å². The molecule has 1 unspecified atom stereocenters. The highest BCUT2D eigenvalue weighted by Gasteiger charge is 2.16. The van der Waals surface area contributed by atoms with Gasteiger partial charge in [0.15, 0.2) is 0 Å². The van der Waals surface area contributed by atoms with Crippen molar-refractivity contribution in [2.45, 2.75) is 25.3 Å². The molecule has 1 aromatic carbocycles. The van der Waals surface area contributed by atoms with E-state index < -0.39 is 0 Å². The summed E-state index contributed by atoms with van der Waals surface area (Å²) in [4.78, 5) is 0. The Bertz CT molecular complexity index is 556. The molecule has 1 aliphatic carbocycles. The Morgan fingerprint density at radius 1 is 1.22 bits per heavy atom. The third-order valence-corrected chi connectivity index (χ3v) is 3.28. The average molecular weight is 240 g/mol. The fraction of sp³-hybridized carbons (Fsp3) is 0.286. The fourth-order valence-electron chi connectivity index (χ4n) is 2.38. The molecule has 0 radical (unpaired) electrons. The largest absolute Gasteiger partial charge is 0.324 e. The molecular formula is C14H16N4. The molecule has 0 bridgehead atoms.